The number of benzene rings is 1. The maximum atomic E-state index is 12.3. The van der Waals surface area contributed by atoms with Crippen LogP contribution in [0.2, 0.25) is 0 Å². The van der Waals surface area contributed by atoms with Gasteiger partial charge in [-0.15, -0.1) is 0 Å². The number of aryl methyl sites for hydroxylation is 1. The van der Waals surface area contributed by atoms with Crippen LogP contribution in [0, 0.1) is 0 Å². The van der Waals surface area contributed by atoms with Crippen LogP contribution in [0.25, 0.3) is 10.9 Å². The van der Waals surface area contributed by atoms with Crippen molar-refractivity contribution < 1.29 is 14.1 Å². The Labute approximate surface area is 106 Å². The molecule has 0 spiro atoms. The second-order valence-electron chi connectivity index (χ2n) is 4.70. The first-order chi connectivity index (χ1) is 8.34. The smallest absolute Gasteiger partial charge is 0.337 e. The van der Waals surface area contributed by atoms with E-state index in [1.165, 1.54) is 7.11 Å². The van der Waals surface area contributed by atoms with E-state index in [0.717, 1.165) is 16.2 Å². The van der Waals surface area contributed by atoms with Crippen LogP contribution < -0.4 is 5.30 Å². The fourth-order valence-corrected chi connectivity index (χ4v) is 3.26. The van der Waals surface area contributed by atoms with Crippen LogP contribution in [0.3, 0.4) is 0 Å². The molecule has 0 aliphatic carbocycles. The van der Waals surface area contributed by atoms with E-state index in [1.807, 2.05) is 23.9 Å². The Morgan fingerprint density at radius 3 is 2.56 bits per heavy atom. The van der Waals surface area contributed by atoms with Gasteiger partial charge in [-0.2, -0.15) is 0 Å². The van der Waals surface area contributed by atoms with Crippen molar-refractivity contribution >= 4 is 29.3 Å². The lowest BCUT2D eigenvalue weighted by Crippen LogP contribution is -2.03. The summed E-state index contributed by atoms with van der Waals surface area (Å²) < 4.78 is 18.9. The average Bonchev–Trinajstić information content (AvgIpc) is 2.65. The first-order valence-electron chi connectivity index (χ1n) is 5.57. The molecule has 2 rings (SSSR count). The Bertz CT molecular complexity index is 666. The molecule has 0 aliphatic rings. The van der Waals surface area contributed by atoms with Crippen molar-refractivity contribution in [1.29, 1.82) is 0 Å². The Balaban J connectivity index is 2.75. The van der Waals surface area contributed by atoms with E-state index in [1.54, 1.807) is 25.5 Å². The number of hydrogen-bond donors (Lipinski definition) is 0. The van der Waals surface area contributed by atoms with Crippen molar-refractivity contribution in [1.82, 2.24) is 4.57 Å². The zero-order valence-electron chi connectivity index (χ0n) is 10.9. The average molecular weight is 265 g/mol. The molecule has 0 aliphatic heterocycles. The monoisotopic (exact) mass is 265 g/mol. The van der Waals surface area contributed by atoms with Gasteiger partial charge in [-0.1, -0.05) is 0 Å². The molecule has 0 radical (unpaired) electrons. The summed E-state index contributed by atoms with van der Waals surface area (Å²) in [6.07, 6.45) is 1.87. The van der Waals surface area contributed by atoms with Gasteiger partial charge in [0.2, 0.25) is 0 Å². The van der Waals surface area contributed by atoms with Crippen LogP contribution in [-0.4, -0.2) is 31.0 Å². The normalized spacial score (nSPS) is 11.8. The number of aromatic nitrogens is 1. The molecule has 1 heterocycles. The highest BCUT2D eigenvalue weighted by molar-refractivity contribution is 7.70. The summed E-state index contributed by atoms with van der Waals surface area (Å²) in [5.41, 5.74) is 1.44. The fraction of sp³-hybridized carbons (Fsp3) is 0.308. The van der Waals surface area contributed by atoms with Crippen LogP contribution in [0.15, 0.2) is 24.4 Å². The maximum absolute atomic E-state index is 12.3. The van der Waals surface area contributed by atoms with Gasteiger partial charge in [-0.3, -0.25) is 0 Å². The number of ether oxygens (including phenoxy) is 1. The van der Waals surface area contributed by atoms with Gasteiger partial charge in [-0.25, -0.2) is 4.79 Å². The van der Waals surface area contributed by atoms with Gasteiger partial charge in [0.1, 0.15) is 7.14 Å². The molecule has 0 N–H and O–H groups in total. The van der Waals surface area contributed by atoms with E-state index in [2.05, 4.69) is 0 Å². The number of nitrogens with zero attached hydrogens (tertiary/aromatic N) is 1. The molecule has 18 heavy (non-hydrogen) atoms. The van der Waals surface area contributed by atoms with E-state index in [0.29, 0.717) is 5.56 Å². The van der Waals surface area contributed by atoms with Crippen LogP contribution in [-0.2, 0) is 16.3 Å². The molecule has 0 saturated carbocycles. The molecule has 0 saturated heterocycles. The Morgan fingerprint density at radius 1 is 1.33 bits per heavy atom. The van der Waals surface area contributed by atoms with Crippen LogP contribution in [0.4, 0.5) is 0 Å². The van der Waals surface area contributed by atoms with E-state index in [4.69, 9.17) is 4.74 Å². The SMILES string of the molecule is COC(=O)c1ccc2c(c1)c(P(C)(C)=O)cn2C. The topological polar surface area (TPSA) is 48.3 Å². The van der Waals surface area contributed by atoms with Gasteiger partial charge in [0.05, 0.1) is 12.7 Å². The summed E-state index contributed by atoms with van der Waals surface area (Å²) in [6.45, 7) is 3.46. The number of carbonyl (C=O) groups is 1. The van der Waals surface area contributed by atoms with E-state index < -0.39 is 7.14 Å². The third-order valence-corrected chi connectivity index (χ3v) is 4.49. The number of methoxy groups -OCH3 is 1. The van der Waals surface area contributed by atoms with E-state index in [9.17, 15) is 9.36 Å². The van der Waals surface area contributed by atoms with E-state index in [-0.39, 0.29) is 5.97 Å². The number of hydrogen-bond acceptors (Lipinski definition) is 3. The molecule has 0 bridgehead atoms. The largest absolute Gasteiger partial charge is 0.465 e. The molecule has 0 fully saturated rings. The minimum Gasteiger partial charge on any atom is -0.465 e. The quantitative estimate of drug-likeness (QED) is 0.618. The second kappa shape index (κ2) is 4.29. The zero-order chi connectivity index (χ0) is 13.5. The molecule has 96 valence electrons. The summed E-state index contributed by atoms with van der Waals surface area (Å²) in [4.78, 5) is 11.5. The third kappa shape index (κ3) is 2.08. The lowest BCUT2D eigenvalue weighted by molar-refractivity contribution is 0.0601. The van der Waals surface area contributed by atoms with Crippen LogP contribution in [0.1, 0.15) is 10.4 Å². The molecule has 4 nitrogen and oxygen atoms in total. The first-order valence-corrected chi connectivity index (χ1v) is 8.17. The summed E-state index contributed by atoms with van der Waals surface area (Å²) >= 11 is 0. The predicted molar refractivity (Wildman–Crippen MR) is 73.3 cm³/mol. The van der Waals surface area contributed by atoms with Gasteiger partial charge in [0, 0.05) is 29.5 Å². The molecule has 0 unspecified atom stereocenters. The van der Waals surface area contributed by atoms with Gasteiger partial charge >= 0.3 is 5.97 Å². The van der Waals surface area contributed by atoms with E-state index >= 15 is 0 Å². The Morgan fingerprint density at radius 2 is 2.00 bits per heavy atom. The highest BCUT2D eigenvalue weighted by atomic mass is 31.2. The van der Waals surface area contributed by atoms with Crippen LogP contribution >= 0.6 is 7.14 Å². The molecular weight excluding hydrogens is 249 g/mol. The predicted octanol–water partition coefficient (Wildman–Crippen LogP) is 2.21. The van der Waals surface area contributed by atoms with Gasteiger partial charge in [0.15, 0.2) is 0 Å². The van der Waals surface area contributed by atoms with Crippen molar-refractivity contribution in [2.45, 2.75) is 0 Å². The summed E-state index contributed by atoms with van der Waals surface area (Å²) in [5, 5.41) is 1.65. The highest BCUT2D eigenvalue weighted by Gasteiger charge is 2.19. The van der Waals surface area contributed by atoms with Gasteiger partial charge in [0.25, 0.3) is 0 Å². The van der Waals surface area contributed by atoms with Crippen molar-refractivity contribution in [2.75, 3.05) is 20.4 Å². The zero-order valence-corrected chi connectivity index (χ0v) is 11.8. The van der Waals surface area contributed by atoms with Gasteiger partial charge in [-0.05, 0) is 31.5 Å². The maximum Gasteiger partial charge on any atom is 0.337 e. The molecular formula is C13H16NO3P. The molecule has 5 heteroatoms. The Kier molecular flexibility index (Phi) is 3.07. The molecule has 0 amide bonds. The summed E-state index contributed by atoms with van der Waals surface area (Å²) in [5.74, 6) is -0.381. The molecule has 0 atom stereocenters. The highest BCUT2D eigenvalue weighted by Crippen LogP contribution is 2.38. The van der Waals surface area contributed by atoms with Crippen molar-refractivity contribution in [3.05, 3.63) is 30.0 Å². The van der Waals surface area contributed by atoms with Gasteiger partial charge < -0.3 is 13.9 Å². The third-order valence-electron chi connectivity index (χ3n) is 2.97. The molecule has 2 aromatic rings. The summed E-state index contributed by atoms with van der Waals surface area (Å²) in [7, 11) is 0.878. The standard InChI is InChI=1S/C13H16NO3P/c1-14-8-12(18(3,4)16)10-7-9(13(15)17-2)5-6-11(10)14/h5-8H,1-4H3. The number of fused-ring (bicyclic) bond motifs is 1. The van der Waals surface area contributed by atoms with Crippen molar-refractivity contribution in [3.63, 3.8) is 0 Å². The van der Waals surface area contributed by atoms with Crippen molar-refractivity contribution in [2.24, 2.45) is 7.05 Å². The minimum atomic E-state index is -2.37. The number of esters is 1. The first kappa shape index (κ1) is 12.9. The molecule has 1 aromatic carbocycles. The minimum absolute atomic E-state index is 0.381. The second-order valence-corrected chi connectivity index (χ2v) is 7.88. The summed E-state index contributed by atoms with van der Waals surface area (Å²) in [6, 6.07) is 5.31. The lowest BCUT2D eigenvalue weighted by atomic mass is 10.1. The number of rotatable bonds is 2. The Hall–Kier alpha value is -1.54. The molecule has 1 aromatic heterocycles. The van der Waals surface area contributed by atoms with Crippen LogP contribution in [0.5, 0.6) is 0 Å². The fourth-order valence-electron chi connectivity index (χ4n) is 2.05. The number of carbonyl (C=O) groups excluding carboxylic acids is 1. The van der Waals surface area contributed by atoms with Crippen molar-refractivity contribution in [3.8, 4) is 0 Å². The lowest BCUT2D eigenvalue weighted by Gasteiger charge is -2.05.